The molecule has 1 atom stereocenters. The Morgan fingerprint density at radius 1 is 1.48 bits per heavy atom. The van der Waals surface area contributed by atoms with Crippen LogP contribution in [0.3, 0.4) is 0 Å². The number of carbonyl (C=O) groups excluding carboxylic acids is 1. The van der Waals surface area contributed by atoms with E-state index in [1.807, 2.05) is 32.0 Å². The van der Waals surface area contributed by atoms with Crippen LogP contribution in [0.5, 0.6) is 11.5 Å². The molecule has 0 aliphatic carbocycles. The second-order valence-electron chi connectivity index (χ2n) is 5.52. The van der Waals surface area contributed by atoms with Crippen molar-refractivity contribution >= 4 is 5.91 Å². The van der Waals surface area contributed by atoms with Gasteiger partial charge >= 0.3 is 0 Å². The summed E-state index contributed by atoms with van der Waals surface area (Å²) in [6, 6.07) is 5.85. The van der Waals surface area contributed by atoms with Gasteiger partial charge in [-0.1, -0.05) is 6.07 Å². The maximum atomic E-state index is 11.6. The molecule has 1 aromatic rings. The SMILES string of the molecule is COc1ccc2c(c1)OC[C@H](CNC(=O)COC(C)C)C2. The van der Waals surface area contributed by atoms with E-state index in [1.54, 1.807) is 7.11 Å². The average molecular weight is 293 g/mol. The molecule has 1 aromatic carbocycles. The summed E-state index contributed by atoms with van der Waals surface area (Å²) in [5.41, 5.74) is 1.15. The standard InChI is InChI=1S/C16H23NO4/c1-11(2)20-10-16(18)17-8-12-6-13-4-5-14(19-3)7-15(13)21-9-12/h4-5,7,11-12H,6,8-10H2,1-3H3,(H,17,18)/t12-/m0/s1. The predicted octanol–water partition coefficient (Wildman–Crippen LogP) is 1.79. The van der Waals surface area contributed by atoms with Gasteiger partial charge in [-0.3, -0.25) is 4.79 Å². The molecule has 5 heteroatoms. The van der Waals surface area contributed by atoms with Gasteiger partial charge in [0, 0.05) is 18.5 Å². The van der Waals surface area contributed by atoms with E-state index in [-0.39, 0.29) is 24.5 Å². The molecule has 21 heavy (non-hydrogen) atoms. The molecule has 0 aromatic heterocycles. The van der Waals surface area contributed by atoms with Crippen molar-refractivity contribution < 1.29 is 19.0 Å². The molecule has 2 rings (SSSR count). The summed E-state index contributed by atoms with van der Waals surface area (Å²) >= 11 is 0. The highest BCUT2D eigenvalue weighted by molar-refractivity contribution is 5.77. The number of ether oxygens (including phenoxy) is 3. The zero-order valence-electron chi connectivity index (χ0n) is 12.8. The van der Waals surface area contributed by atoms with Crippen molar-refractivity contribution in [3.05, 3.63) is 23.8 Å². The van der Waals surface area contributed by atoms with E-state index >= 15 is 0 Å². The van der Waals surface area contributed by atoms with Crippen molar-refractivity contribution in [3.63, 3.8) is 0 Å². The molecule has 0 radical (unpaired) electrons. The molecule has 0 unspecified atom stereocenters. The third-order valence-electron chi connectivity index (χ3n) is 3.39. The summed E-state index contributed by atoms with van der Waals surface area (Å²) in [4.78, 5) is 11.6. The van der Waals surface area contributed by atoms with Crippen LogP contribution in [-0.4, -0.2) is 38.9 Å². The van der Waals surface area contributed by atoms with Crippen molar-refractivity contribution in [2.75, 3.05) is 26.9 Å². The number of nitrogens with one attached hydrogen (secondary N) is 1. The fraction of sp³-hybridized carbons (Fsp3) is 0.562. The number of hydrogen-bond acceptors (Lipinski definition) is 4. The molecule has 0 fully saturated rings. The molecule has 0 spiro atoms. The number of fused-ring (bicyclic) bond motifs is 1. The summed E-state index contributed by atoms with van der Waals surface area (Å²) in [6.45, 7) is 5.14. The Hall–Kier alpha value is -1.75. The Bertz CT molecular complexity index is 487. The summed E-state index contributed by atoms with van der Waals surface area (Å²) < 4.78 is 16.2. The number of carbonyl (C=O) groups is 1. The quantitative estimate of drug-likeness (QED) is 0.869. The first kappa shape index (κ1) is 15.6. The molecule has 1 heterocycles. The van der Waals surface area contributed by atoms with Crippen LogP contribution in [-0.2, 0) is 16.0 Å². The highest BCUT2D eigenvalue weighted by atomic mass is 16.5. The first-order valence-corrected chi connectivity index (χ1v) is 7.26. The first-order chi connectivity index (χ1) is 10.1. The van der Waals surface area contributed by atoms with Crippen LogP contribution in [0.4, 0.5) is 0 Å². The van der Waals surface area contributed by atoms with Crippen molar-refractivity contribution in [2.24, 2.45) is 5.92 Å². The van der Waals surface area contributed by atoms with E-state index in [0.717, 1.165) is 23.5 Å². The van der Waals surface area contributed by atoms with Gasteiger partial charge in [0.2, 0.25) is 5.91 Å². The van der Waals surface area contributed by atoms with E-state index in [1.165, 1.54) is 0 Å². The lowest BCUT2D eigenvalue weighted by Gasteiger charge is -2.25. The van der Waals surface area contributed by atoms with Crippen molar-refractivity contribution in [1.82, 2.24) is 5.32 Å². The van der Waals surface area contributed by atoms with Gasteiger partial charge < -0.3 is 19.5 Å². The molecule has 1 aliphatic heterocycles. The second kappa shape index (κ2) is 7.31. The van der Waals surface area contributed by atoms with Crippen LogP contribution in [0, 0.1) is 5.92 Å². The van der Waals surface area contributed by atoms with Gasteiger partial charge in [-0.2, -0.15) is 0 Å². The number of hydrogen-bond donors (Lipinski definition) is 1. The molecule has 1 N–H and O–H groups in total. The second-order valence-corrected chi connectivity index (χ2v) is 5.52. The minimum atomic E-state index is -0.0794. The lowest BCUT2D eigenvalue weighted by atomic mass is 9.96. The van der Waals surface area contributed by atoms with Crippen LogP contribution in [0.1, 0.15) is 19.4 Å². The van der Waals surface area contributed by atoms with E-state index in [4.69, 9.17) is 14.2 Å². The maximum Gasteiger partial charge on any atom is 0.246 e. The van der Waals surface area contributed by atoms with Gasteiger partial charge in [-0.15, -0.1) is 0 Å². The highest BCUT2D eigenvalue weighted by Gasteiger charge is 2.21. The van der Waals surface area contributed by atoms with E-state index in [0.29, 0.717) is 13.2 Å². The van der Waals surface area contributed by atoms with Gasteiger partial charge in [0.1, 0.15) is 18.1 Å². The zero-order chi connectivity index (χ0) is 15.2. The first-order valence-electron chi connectivity index (χ1n) is 7.26. The fourth-order valence-corrected chi connectivity index (χ4v) is 2.23. The molecule has 1 amide bonds. The van der Waals surface area contributed by atoms with Crippen LogP contribution in [0.25, 0.3) is 0 Å². The van der Waals surface area contributed by atoms with Gasteiger partial charge in [0.15, 0.2) is 0 Å². The van der Waals surface area contributed by atoms with Crippen LogP contribution < -0.4 is 14.8 Å². The predicted molar refractivity (Wildman–Crippen MR) is 79.8 cm³/mol. The molecule has 5 nitrogen and oxygen atoms in total. The number of amides is 1. The van der Waals surface area contributed by atoms with Gasteiger partial charge in [0.25, 0.3) is 0 Å². The summed E-state index contributed by atoms with van der Waals surface area (Å²) in [7, 11) is 1.64. The fourth-order valence-electron chi connectivity index (χ4n) is 2.23. The van der Waals surface area contributed by atoms with Crippen molar-refractivity contribution in [1.29, 1.82) is 0 Å². The normalized spacial score (nSPS) is 17.0. The Labute approximate surface area is 125 Å². The summed E-state index contributed by atoms with van der Waals surface area (Å²) in [6.07, 6.45) is 0.959. The van der Waals surface area contributed by atoms with Gasteiger partial charge in [-0.05, 0) is 31.9 Å². The lowest BCUT2D eigenvalue weighted by molar-refractivity contribution is -0.127. The lowest BCUT2D eigenvalue weighted by Crippen LogP contribution is -2.36. The number of methoxy groups -OCH3 is 1. The average Bonchev–Trinajstić information content (AvgIpc) is 2.50. The Balaban J connectivity index is 1.80. The van der Waals surface area contributed by atoms with Crippen LogP contribution in [0.2, 0.25) is 0 Å². The molecule has 0 saturated heterocycles. The highest BCUT2D eigenvalue weighted by Crippen LogP contribution is 2.30. The van der Waals surface area contributed by atoms with Gasteiger partial charge in [-0.25, -0.2) is 0 Å². The number of rotatable bonds is 6. The minimum Gasteiger partial charge on any atom is -0.497 e. The van der Waals surface area contributed by atoms with E-state index in [9.17, 15) is 4.79 Å². The molecular weight excluding hydrogens is 270 g/mol. The minimum absolute atomic E-state index is 0.0654. The van der Waals surface area contributed by atoms with Gasteiger partial charge in [0.05, 0.1) is 19.8 Å². The Morgan fingerprint density at radius 3 is 3.00 bits per heavy atom. The largest absolute Gasteiger partial charge is 0.497 e. The van der Waals surface area contributed by atoms with Crippen molar-refractivity contribution in [3.8, 4) is 11.5 Å². The molecule has 0 bridgehead atoms. The topological polar surface area (TPSA) is 56.8 Å². The van der Waals surface area contributed by atoms with Crippen molar-refractivity contribution in [2.45, 2.75) is 26.4 Å². The smallest absolute Gasteiger partial charge is 0.246 e. The molecular formula is C16H23NO4. The summed E-state index contributed by atoms with van der Waals surface area (Å²) in [5, 5.41) is 2.89. The van der Waals surface area contributed by atoms with Crippen LogP contribution >= 0.6 is 0 Å². The summed E-state index contributed by atoms with van der Waals surface area (Å²) in [5.74, 6) is 1.88. The molecule has 116 valence electrons. The number of benzene rings is 1. The maximum absolute atomic E-state index is 11.6. The zero-order valence-corrected chi connectivity index (χ0v) is 12.8. The van der Waals surface area contributed by atoms with E-state index in [2.05, 4.69) is 5.32 Å². The Kier molecular flexibility index (Phi) is 5.44. The van der Waals surface area contributed by atoms with Crippen LogP contribution in [0.15, 0.2) is 18.2 Å². The molecule has 1 aliphatic rings. The van der Waals surface area contributed by atoms with E-state index < -0.39 is 0 Å². The Morgan fingerprint density at radius 2 is 2.29 bits per heavy atom. The third-order valence-corrected chi connectivity index (χ3v) is 3.39. The monoisotopic (exact) mass is 293 g/mol. The third kappa shape index (κ3) is 4.63. The molecule has 0 saturated carbocycles.